The van der Waals surface area contributed by atoms with Crippen LogP contribution in [0.5, 0.6) is 0 Å². The number of likely N-dealkylation sites (tertiary alicyclic amines) is 1. The normalized spacial score (nSPS) is 14.5. The number of rotatable bonds is 9. The first-order valence-corrected chi connectivity index (χ1v) is 11.0. The number of hydrogen-bond acceptors (Lipinski definition) is 6. The Bertz CT molecular complexity index is 914. The van der Waals surface area contributed by atoms with Gasteiger partial charge >= 0.3 is 6.43 Å². The number of halogens is 2. The molecule has 0 saturated carbocycles. The van der Waals surface area contributed by atoms with E-state index in [4.69, 9.17) is 4.42 Å². The van der Waals surface area contributed by atoms with E-state index in [0.29, 0.717) is 5.56 Å². The Morgan fingerprint density at radius 2 is 1.73 bits per heavy atom. The topological polar surface area (TPSA) is 45.4 Å². The first-order chi connectivity index (χ1) is 14.7. The zero-order valence-corrected chi connectivity index (χ0v) is 17.4. The van der Waals surface area contributed by atoms with Gasteiger partial charge in [0.1, 0.15) is 0 Å². The fraction of sp³-hybridized carbons (Fsp3) is 0.364. The lowest BCUT2D eigenvalue weighted by Gasteiger charge is -2.25. The van der Waals surface area contributed by atoms with Crippen molar-refractivity contribution in [2.24, 2.45) is 0 Å². The van der Waals surface area contributed by atoms with Crippen molar-refractivity contribution >= 4 is 17.6 Å². The average Bonchev–Trinajstić information content (AvgIpc) is 3.47. The van der Waals surface area contributed by atoms with Gasteiger partial charge in [0.25, 0.3) is 5.89 Å². The van der Waals surface area contributed by atoms with Crippen molar-refractivity contribution in [2.45, 2.75) is 25.8 Å². The van der Waals surface area contributed by atoms with E-state index in [0.717, 1.165) is 30.1 Å². The van der Waals surface area contributed by atoms with Crippen molar-refractivity contribution in [2.75, 3.05) is 29.7 Å². The molecule has 1 saturated heterocycles. The summed E-state index contributed by atoms with van der Waals surface area (Å²) in [5, 5.41) is 7.09. The lowest BCUT2D eigenvalue weighted by atomic mass is 10.1. The molecule has 0 unspecified atom stereocenters. The van der Waals surface area contributed by atoms with Crippen LogP contribution < -0.4 is 4.31 Å². The zero-order chi connectivity index (χ0) is 20.8. The van der Waals surface area contributed by atoms with Gasteiger partial charge in [0.05, 0.1) is 6.54 Å². The predicted octanol–water partition coefficient (Wildman–Crippen LogP) is 5.42. The predicted molar refractivity (Wildman–Crippen MR) is 115 cm³/mol. The van der Waals surface area contributed by atoms with E-state index in [1.165, 1.54) is 25.9 Å². The van der Waals surface area contributed by atoms with Gasteiger partial charge in [0.2, 0.25) is 5.89 Å². The Morgan fingerprint density at radius 1 is 1.00 bits per heavy atom. The second-order valence-corrected chi connectivity index (χ2v) is 8.30. The highest BCUT2D eigenvalue weighted by Gasteiger charge is 2.17. The molecule has 1 fully saturated rings. The van der Waals surface area contributed by atoms with Crippen molar-refractivity contribution < 1.29 is 13.2 Å². The van der Waals surface area contributed by atoms with Crippen LogP contribution in [0.1, 0.15) is 30.7 Å². The van der Waals surface area contributed by atoms with Crippen LogP contribution in [0.4, 0.5) is 14.5 Å². The van der Waals surface area contributed by atoms with E-state index < -0.39 is 12.3 Å². The molecule has 2 heterocycles. The van der Waals surface area contributed by atoms with E-state index >= 15 is 0 Å². The highest BCUT2D eigenvalue weighted by Crippen LogP contribution is 2.27. The van der Waals surface area contributed by atoms with Gasteiger partial charge in [-0.25, -0.2) is 0 Å². The molecule has 1 aliphatic heterocycles. The van der Waals surface area contributed by atoms with E-state index in [-0.39, 0.29) is 5.89 Å². The number of nitrogens with zero attached hydrogens (tertiary/aromatic N) is 4. The molecule has 0 radical (unpaired) electrons. The second-order valence-electron chi connectivity index (χ2n) is 7.20. The lowest BCUT2D eigenvalue weighted by molar-refractivity contribution is 0.116. The molecule has 5 nitrogen and oxygen atoms in total. The molecule has 30 heavy (non-hydrogen) atoms. The number of benzene rings is 2. The molecule has 1 aliphatic rings. The fourth-order valence-electron chi connectivity index (χ4n) is 3.45. The Balaban J connectivity index is 1.42. The van der Waals surface area contributed by atoms with Crippen LogP contribution in [0.3, 0.4) is 0 Å². The summed E-state index contributed by atoms with van der Waals surface area (Å²) >= 11 is 1.83. The van der Waals surface area contributed by atoms with Crippen LogP contribution in [0.25, 0.3) is 11.5 Å². The third-order valence-corrected chi connectivity index (χ3v) is 6.07. The molecular formula is C22H24F2N4OS. The van der Waals surface area contributed by atoms with Crippen LogP contribution in [-0.4, -0.2) is 40.5 Å². The zero-order valence-electron chi connectivity index (χ0n) is 16.6. The standard InChI is InChI=1S/C22H24F2N4OS/c23-20(24)22-26-25-21(29-22)18-10-8-17(9-11-18)16-28(19-6-2-1-3-7-19)30-15-14-27-12-4-5-13-27/h1-3,6-11,20H,4-5,12-16H2. The largest absolute Gasteiger partial charge is 0.415 e. The highest BCUT2D eigenvalue weighted by atomic mass is 32.2. The maximum Gasteiger partial charge on any atom is 0.314 e. The molecule has 0 atom stereocenters. The minimum absolute atomic E-state index is 0.108. The summed E-state index contributed by atoms with van der Waals surface area (Å²) in [6.45, 7) is 4.24. The Morgan fingerprint density at radius 3 is 2.40 bits per heavy atom. The first-order valence-electron chi connectivity index (χ1n) is 10.1. The summed E-state index contributed by atoms with van der Waals surface area (Å²) in [4.78, 5) is 2.52. The monoisotopic (exact) mass is 430 g/mol. The molecule has 4 rings (SSSR count). The van der Waals surface area contributed by atoms with Crippen molar-refractivity contribution in [1.82, 2.24) is 15.1 Å². The molecule has 0 N–H and O–H groups in total. The van der Waals surface area contributed by atoms with E-state index in [9.17, 15) is 8.78 Å². The van der Waals surface area contributed by atoms with Crippen molar-refractivity contribution in [1.29, 1.82) is 0 Å². The van der Waals surface area contributed by atoms with Gasteiger partial charge in [-0.15, -0.1) is 10.2 Å². The molecule has 0 bridgehead atoms. The number of para-hydroxylation sites is 1. The van der Waals surface area contributed by atoms with Crippen molar-refractivity contribution in [3.8, 4) is 11.5 Å². The van der Waals surface area contributed by atoms with Crippen LogP contribution in [0.2, 0.25) is 0 Å². The maximum atomic E-state index is 12.7. The highest BCUT2D eigenvalue weighted by molar-refractivity contribution is 8.00. The third-order valence-electron chi connectivity index (χ3n) is 5.05. The van der Waals surface area contributed by atoms with Gasteiger partial charge in [0.15, 0.2) is 0 Å². The van der Waals surface area contributed by atoms with E-state index in [2.05, 4.69) is 31.5 Å². The minimum atomic E-state index is -2.76. The Kier molecular flexibility index (Phi) is 6.96. The average molecular weight is 431 g/mol. The Labute approximate surface area is 179 Å². The van der Waals surface area contributed by atoms with Crippen LogP contribution in [0, 0.1) is 0 Å². The first kappa shape index (κ1) is 20.8. The number of aromatic nitrogens is 2. The Hall–Kier alpha value is -2.45. The maximum absolute atomic E-state index is 12.7. The molecule has 0 aliphatic carbocycles. The summed E-state index contributed by atoms with van der Waals surface area (Å²) in [6.07, 6.45) is -0.154. The SMILES string of the molecule is FC(F)c1nnc(-c2ccc(CN(SCCN3CCCC3)c3ccccc3)cc2)o1. The molecule has 0 amide bonds. The van der Waals surface area contributed by atoms with Gasteiger partial charge in [-0.1, -0.05) is 30.3 Å². The summed E-state index contributed by atoms with van der Waals surface area (Å²) < 4.78 is 32.6. The molecule has 2 aromatic carbocycles. The quantitative estimate of drug-likeness (QED) is 0.422. The van der Waals surface area contributed by atoms with Gasteiger partial charge < -0.3 is 13.6 Å². The number of hydrogen-bond donors (Lipinski definition) is 0. The molecule has 8 heteroatoms. The third kappa shape index (κ3) is 5.37. The second kappa shape index (κ2) is 10.0. The molecule has 0 spiro atoms. The number of alkyl halides is 2. The van der Waals surface area contributed by atoms with Crippen molar-refractivity contribution in [3.05, 3.63) is 66.1 Å². The van der Waals surface area contributed by atoms with Gasteiger partial charge in [-0.2, -0.15) is 8.78 Å². The van der Waals surface area contributed by atoms with Crippen LogP contribution >= 0.6 is 11.9 Å². The molecule has 3 aromatic rings. The van der Waals surface area contributed by atoms with E-state index in [1.807, 2.05) is 54.4 Å². The summed E-state index contributed by atoms with van der Waals surface area (Å²) in [5.74, 6) is 0.487. The lowest BCUT2D eigenvalue weighted by Crippen LogP contribution is -2.24. The number of anilines is 1. The molecular weight excluding hydrogens is 406 g/mol. The summed E-state index contributed by atoms with van der Waals surface area (Å²) in [6, 6.07) is 17.9. The van der Waals surface area contributed by atoms with Crippen LogP contribution in [0.15, 0.2) is 59.0 Å². The van der Waals surface area contributed by atoms with E-state index in [1.54, 1.807) is 0 Å². The summed E-state index contributed by atoms with van der Waals surface area (Å²) in [7, 11) is 0. The minimum Gasteiger partial charge on any atom is -0.415 e. The smallest absolute Gasteiger partial charge is 0.314 e. The van der Waals surface area contributed by atoms with Crippen molar-refractivity contribution in [3.63, 3.8) is 0 Å². The van der Waals surface area contributed by atoms with Crippen LogP contribution in [-0.2, 0) is 6.54 Å². The molecule has 158 valence electrons. The van der Waals surface area contributed by atoms with Gasteiger partial charge in [-0.3, -0.25) is 0 Å². The fourth-order valence-corrected chi connectivity index (χ4v) is 4.52. The van der Waals surface area contributed by atoms with Gasteiger partial charge in [0, 0.05) is 23.5 Å². The van der Waals surface area contributed by atoms with Gasteiger partial charge in [-0.05, 0) is 67.7 Å². The summed E-state index contributed by atoms with van der Waals surface area (Å²) in [5.41, 5.74) is 2.91. The molecule has 1 aromatic heterocycles.